The molecule has 3 rings (SSSR count). The van der Waals surface area contributed by atoms with Crippen molar-refractivity contribution in [2.24, 2.45) is 0 Å². The van der Waals surface area contributed by atoms with Crippen molar-refractivity contribution in [3.05, 3.63) is 59.7 Å². The van der Waals surface area contributed by atoms with Crippen LogP contribution in [0.5, 0.6) is 5.75 Å². The third kappa shape index (κ3) is 4.89. The van der Waals surface area contributed by atoms with Crippen molar-refractivity contribution < 1.29 is 9.53 Å². The lowest BCUT2D eigenvalue weighted by Crippen LogP contribution is -2.32. The van der Waals surface area contributed by atoms with Gasteiger partial charge >= 0.3 is 0 Å². The monoisotopic (exact) mass is 397 g/mol. The summed E-state index contributed by atoms with van der Waals surface area (Å²) >= 11 is 1.31. The Morgan fingerprint density at radius 1 is 1.25 bits per heavy atom. The van der Waals surface area contributed by atoms with Gasteiger partial charge in [-0.2, -0.15) is 4.68 Å². The van der Waals surface area contributed by atoms with E-state index in [1.165, 1.54) is 17.3 Å². The highest BCUT2D eigenvalue weighted by Gasteiger charge is 2.20. The summed E-state index contributed by atoms with van der Waals surface area (Å²) in [5.74, 6) is 0.617. The lowest BCUT2D eigenvalue weighted by Gasteiger charge is -2.13. The van der Waals surface area contributed by atoms with Crippen molar-refractivity contribution in [3.8, 4) is 11.4 Å². The molecule has 1 aromatic heterocycles. The summed E-state index contributed by atoms with van der Waals surface area (Å²) < 4.78 is 7.02. The Labute approximate surface area is 168 Å². The summed E-state index contributed by atoms with van der Waals surface area (Å²) in [6.07, 6.45) is 0.794. The first-order valence-electron chi connectivity index (χ1n) is 9.00. The average molecular weight is 398 g/mol. The summed E-state index contributed by atoms with van der Waals surface area (Å²) in [4.78, 5) is 12.5. The van der Waals surface area contributed by atoms with Crippen LogP contribution in [0.15, 0.2) is 53.7 Å². The molecule has 2 aromatic carbocycles. The molecule has 0 radical (unpaired) electrons. The third-order valence-corrected chi connectivity index (χ3v) is 5.24. The molecule has 0 unspecified atom stereocenters. The SMILES string of the molecule is COc1ccc(C)cc1-n1nnnc1S[C@@H](C)C(=O)NCCc1ccccc1. The van der Waals surface area contributed by atoms with E-state index < -0.39 is 0 Å². The topological polar surface area (TPSA) is 81.9 Å². The number of amides is 1. The fourth-order valence-corrected chi connectivity index (χ4v) is 3.52. The summed E-state index contributed by atoms with van der Waals surface area (Å²) in [5.41, 5.74) is 3.00. The normalized spacial score (nSPS) is 11.8. The van der Waals surface area contributed by atoms with Crippen LogP contribution >= 0.6 is 11.8 Å². The maximum Gasteiger partial charge on any atom is 0.233 e. The Bertz CT molecular complexity index is 929. The van der Waals surface area contributed by atoms with E-state index in [1.807, 2.05) is 62.4 Å². The zero-order valence-electron chi connectivity index (χ0n) is 16.1. The van der Waals surface area contributed by atoms with Gasteiger partial charge in [0.1, 0.15) is 11.4 Å². The molecule has 1 N–H and O–H groups in total. The first-order valence-corrected chi connectivity index (χ1v) is 9.88. The second-order valence-electron chi connectivity index (χ2n) is 6.34. The second kappa shape index (κ2) is 9.36. The Kier molecular flexibility index (Phi) is 6.65. The van der Waals surface area contributed by atoms with Gasteiger partial charge < -0.3 is 10.1 Å². The minimum atomic E-state index is -0.337. The molecule has 0 fully saturated rings. The molecule has 0 aliphatic carbocycles. The smallest absolute Gasteiger partial charge is 0.233 e. The maximum absolute atomic E-state index is 12.5. The zero-order valence-corrected chi connectivity index (χ0v) is 16.9. The van der Waals surface area contributed by atoms with Gasteiger partial charge in [0.2, 0.25) is 11.1 Å². The van der Waals surface area contributed by atoms with Gasteiger partial charge in [-0.25, -0.2) is 0 Å². The molecule has 0 aliphatic heterocycles. The van der Waals surface area contributed by atoms with Crippen molar-refractivity contribution in [3.63, 3.8) is 0 Å². The molecule has 0 aliphatic rings. The predicted octanol–water partition coefficient (Wildman–Crippen LogP) is 2.82. The maximum atomic E-state index is 12.5. The molecule has 1 heterocycles. The van der Waals surface area contributed by atoms with Crippen LogP contribution in [0.4, 0.5) is 0 Å². The molecule has 7 nitrogen and oxygen atoms in total. The van der Waals surface area contributed by atoms with Crippen molar-refractivity contribution in [1.82, 2.24) is 25.5 Å². The van der Waals surface area contributed by atoms with Gasteiger partial charge in [0.25, 0.3) is 0 Å². The number of ether oxygens (including phenoxy) is 1. The summed E-state index contributed by atoms with van der Waals surface area (Å²) in [5, 5.41) is 15.1. The molecule has 146 valence electrons. The summed E-state index contributed by atoms with van der Waals surface area (Å²) in [7, 11) is 1.61. The van der Waals surface area contributed by atoms with Crippen molar-refractivity contribution >= 4 is 17.7 Å². The lowest BCUT2D eigenvalue weighted by molar-refractivity contribution is -0.120. The number of carbonyl (C=O) groups is 1. The van der Waals surface area contributed by atoms with Crippen LogP contribution in [0, 0.1) is 6.92 Å². The van der Waals surface area contributed by atoms with E-state index in [0.29, 0.717) is 17.5 Å². The highest BCUT2D eigenvalue weighted by Crippen LogP contribution is 2.28. The van der Waals surface area contributed by atoms with E-state index in [0.717, 1.165) is 17.7 Å². The van der Waals surface area contributed by atoms with Gasteiger partial charge in [0.15, 0.2) is 0 Å². The minimum absolute atomic E-state index is 0.0494. The highest BCUT2D eigenvalue weighted by molar-refractivity contribution is 8.00. The van der Waals surface area contributed by atoms with Gasteiger partial charge in [0, 0.05) is 6.54 Å². The number of carbonyl (C=O) groups excluding carboxylic acids is 1. The molecule has 28 heavy (non-hydrogen) atoms. The van der Waals surface area contributed by atoms with Gasteiger partial charge in [-0.15, -0.1) is 5.10 Å². The molecular formula is C20H23N5O2S. The molecule has 0 spiro atoms. The van der Waals surface area contributed by atoms with E-state index in [4.69, 9.17) is 4.74 Å². The Hall–Kier alpha value is -2.87. The number of benzene rings is 2. The van der Waals surface area contributed by atoms with E-state index in [2.05, 4.69) is 20.8 Å². The highest BCUT2D eigenvalue weighted by atomic mass is 32.2. The van der Waals surface area contributed by atoms with Crippen LogP contribution in [0.25, 0.3) is 5.69 Å². The predicted molar refractivity (Wildman–Crippen MR) is 109 cm³/mol. The number of methoxy groups -OCH3 is 1. The van der Waals surface area contributed by atoms with Crippen LogP contribution in [0.3, 0.4) is 0 Å². The summed E-state index contributed by atoms with van der Waals surface area (Å²) in [6, 6.07) is 15.9. The number of aryl methyl sites for hydroxylation is 1. The number of aromatic nitrogens is 4. The van der Waals surface area contributed by atoms with Crippen LogP contribution < -0.4 is 10.1 Å². The summed E-state index contributed by atoms with van der Waals surface area (Å²) in [6.45, 7) is 4.42. The van der Waals surface area contributed by atoms with Gasteiger partial charge in [-0.3, -0.25) is 4.79 Å². The number of nitrogens with zero attached hydrogens (tertiary/aromatic N) is 4. The fraction of sp³-hybridized carbons (Fsp3) is 0.300. The standard InChI is InChI=1S/C20H23N5O2S/c1-14-9-10-18(27-3)17(13-14)25-20(22-23-24-25)28-15(2)19(26)21-12-11-16-7-5-4-6-8-16/h4-10,13,15H,11-12H2,1-3H3,(H,21,26)/t15-/m0/s1. The number of thioether (sulfide) groups is 1. The van der Waals surface area contributed by atoms with Crippen molar-refractivity contribution in [1.29, 1.82) is 0 Å². The Morgan fingerprint density at radius 2 is 2.04 bits per heavy atom. The second-order valence-corrected chi connectivity index (χ2v) is 7.64. The van der Waals surface area contributed by atoms with E-state index in [-0.39, 0.29) is 11.2 Å². The third-order valence-electron chi connectivity index (χ3n) is 4.21. The van der Waals surface area contributed by atoms with Gasteiger partial charge in [0.05, 0.1) is 12.4 Å². The fourth-order valence-electron chi connectivity index (χ4n) is 2.70. The molecule has 0 bridgehead atoms. The van der Waals surface area contributed by atoms with Crippen molar-refractivity contribution in [2.45, 2.75) is 30.7 Å². The van der Waals surface area contributed by atoms with E-state index >= 15 is 0 Å². The minimum Gasteiger partial charge on any atom is -0.494 e. The average Bonchev–Trinajstić information content (AvgIpc) is 3.16. The van der Waals surface area contributed by atoms with Crippen LogP contribution in [0.1, 0.15) is 18.1 Å². The van der Waals surface area contributed by atoms with Gasteiger partial charge in [-0.05, 0) is 54.0 Å². The molecular weight excluding hydrogens is 374 g/mol. The van der Waals surface area contributed by atoms with Crippen LogP contribution in [-0.4, -0.2) is 45.0 Å². The number of nitrogens with one attached hydrogen (secondary N) is 1. The first-order chi connectivity index (χ1) is 13.6. The molecule has 8 heteroatoms. The number of rotatable bonds is 8. The van der Waals surface area contributed by atoms with Gasteiger partial charge in [-0.1, -0.05) is 48.2 Å². The Morgan fingerprint density at radius 3 is 2.79 bits per heavy atom. The Balaban J connectivity index is 1.64. The lowest BCUT2D eigenvalue weighted by atomic mass is 10.1. The zero-order chi connectivity index (χ0) is 19.9. The number of tetrazole rings is 1. The number of hydrogen-bond donors (Lipinski definition) is 1. The largest absolute Gasteiger partial charge is 0.494 e. The molecule has 0 saturated heterocycles. The first kappa shape index (κ1) is 19.9. The molecule has 1 amide bonds. The van der Waals surface area contributed by atoms with E-state index in [9.17, 15) is 4.79 Å². The molecule has 0 saturated carbocycles. The molecule has 1 atom stereocenters. The van der Waals surface area contributed by atoms with Crippen LogP contribution in [0.2, 0.25) is 0 Å². The van der Waals surface area contributed by atoms with E-state index in [1.54, 1.807) is 11.8 Å². The van der Waals surface area contributed by atoms with Crippen LogP contribution in [-0.2, 0) is 11.2 Å². The van der Waals surface area contributed by atoms with Crippen molar-refractivity contribution in [2.75, 3.05) is 13.7 Å². The molecule has 3 aromatic rings. The number of hydrogen-bond acceptors (Lipinski definition) is 6. The quantitative estimate of drug-likeness (QED) is 0.589.